The van der Waals surface area contributed by atoms with Crippen molar-refractivity contribution < 1.29 is 4.74 Å². The standard InChI is InChI=1S/C13H14N2O.ClH/c1-3-10-4-2-7-15-13(10)12(5-1)16-11-6-8-14-9-11;/h1-5,7,11,14H,6,8-9H2;1H. The number of benzene rings is 1. The highest BCUT2D eigenvalue weighted by molar-refractivity contribution is 5.85. The molecule has 1 N–H and O–H groups in total. The second-order valence-electron chi connectivity index (χ2n) is 4.06. The fourth-order valence-corrected chi connectivity index (χ4v) is 2.08. The van der Waals surface area contributed by atoms with Gasteiger partial charge in [0.15, 0.2) is 0 Å². The van der Waals surface area contributed by atoms with E-state index in [1.54, 1.807) is 0 Å². The third-order valence-electron chi connectivity index (χ3n) is 2.90. The fraction of sp³-hybridized carbons (Fsp3) is 0.308. The van der Waals surface area contributed by atoms with E-state index in [4.69, 9.17) is 4.74 Å². The average molecular weight is 251 g/mol. The van der Waals surface area contributed by atoms with Crippen molar-refractivity contribution in [2.24, 2.45) is 0 Å². The number of aromatic nitrogens is 1. The van der Waals surface area contributed by atoms with Gasteiger partial charge in [-0.05, 0) is 25.1 Å². The summed E-state index contributed by atoms with van der Waals surface area (Å²) >= 11 is 0. The normalized spacial score (nSPS) is 18.9. The van der Waals surface area contributed by atoms with Crippen LogP contribution in [0, 0.1) is 0 Å². The molecule has 1 aliphatic rings. The molecule has 0 radical (unpaired) electrons. The minimum Gasteiger partial charge on any atom is -0.487 e. The maximum absolute atomic E-state index is 5.96. The van der Waals surface area contributed by atoms with Gasteiger partial charge in [-0.1, -0.05) is 18.2 Å². The number of pyridine rings is 1. The lowest BCUT2D eigenvalue weighted by molar-refractivity contribution is 0.225. The zero-order valence-corrected chi connectivity index (χ0v) is 10.2. The number of fused-ring (bicyclic) bond motifs is 1. The van der Waals surface area contributed by atoms with E-state index in [1.165, 1.54) is 0 Å². The lowest BCUT2D eigenvalue weighted by atomic mass is 10.2. The van der Waals surface area contributed by atoms with Crippen LogP contribution in [-0.4, -0.2) is 24.2 Å². The molecular weight excluding hydrogens is 236 g/mol. The second kappa shape index (κ2) is 5.34. The van der Waals surface area contributed by atoms with E-state index in [2.05, 4.69) is 22.4 Å². The number of halogens is 1. The molecule has 1 aromatic heterocycles. The molecule has 1 saturated heterocycles. The number of hydrogen-bond donors (Lipinski definition) is 1. The van der Waals surface area contributed by atoms with Crippen molar-refractivity contribution in [2.45, 2.75) is 12.5 Å². The smallest absolute Gasteiger partial charge is 0.146 e. The molecule has 0 amide bonds. The van der Waals surface area contributed by atoms with Crippen molar-refractivity contribution in [1.29, 1.82) is 0 Å². The van der Waals surface area contributed by atoms with Crippen molar-refractivity contribution >= 4 is 23.3 Å². The lowest BCUT2D eigenvalue weighted by Crippen LogP contribution is -2.19. The molecule has 1 fully saturated rings. The molecule has 0 aliphatic carbocycles. The van der Waals surface area contributed by atoms with Crippen LogP contribution in [0.5, 0.6) is 5.75 Å². The molecule has 1 atom stereocenters. The molecule has 0 saturated carbocycles. The maximum atomic E-state index is 5.96. The van der Waals surface area contributed by atoms with Crippen LogP contribution in [0.25, 0.3) is 10.9 Å². The van der Waals surface area contributed by atoms with Gasteiger partial charge in [0.25, 0.3) is 0 Å². The molecule has 2 heterocycles. The number of para-hydroxylation sites is 1. The Morgan fingerprint density at radius 2 is 2.12 bits per heavy atom. The number of hydrogen-bond acceptors (Lipinski definition) is 3. The predicted molar refractivity (Wildman–Crippen MR) is 70.9 cm³/mol. The van der Waals surface area contributed by atoms with E-state index in [0.717, 1.165) is 36.2 Å². The summed E-state index contributed by atoms with van der Waals surface area (Å²) in [6.07, 6.45) is 3.17. The van der Waals surface area contributed by atoms with Crippen LogP contribution in [0.3, 0.4) is 0 Å². The third kappa shape index (κ3) is 2.51. The molecule has 0 bridgehead atoms. The summed E-state index contributed by atoms with van der Waals surface area (Å²) in [6.45, 7) is 1.98. The first-order chi connectivity index (χ1) is 7.93. The van der Waals surface area contributed by atoms with Crippen molar-refractivity contribution in [1.82, 2.24) is 10.3 Å². The van der Waals surface area contributed by atoms with Crippen molar-refractivity contribution in [2.75, 3.05) is 13.1 Å². The number of rotatable bonds is 2. The Morgan fingerprint density at radius 3 is 2.94 bits per heavy atom. The van der Waals surface area contributed by atoms with Crippen LogP contribution in [0.4, 0.5) is 0 Å². The van der Waals surface area contributed by atoms with Gasteiger partial charge in [-0.15, -0.1) is 12.4 Å². The van der Waals surface area contributed by atoms with E-state index in [1.807, 2.05) is 24.4 Å². The van der Waals surface area contributed by atoms with Crippen LogP contribution in [0.15, 0.2) is 36.5 Å². The fourth-order valence-electron chi connectivity index (χ4n) is 2.08. The second-order valence-corrected chi connectivity index (χ2v) is 4.06. The highest BCUT2D eigenvalue weighted by Crippen LogP contribution is 2.24. The van der Waals surface area contributed by atoms with Crippen LogP contribution in [0.2, 0.25) is 0 Å². The highest BCUT2D eigenvalue weighted by atomic mass is 35.5. The van der Waals surface area contributed by atoms with Gasteiger partial charge in [-0.3, -0.25) is 4.98 Å². The molecule has 2 aromatic rings. The lowest BCUT2D eigenvalue weighted by Gasteiger charge is -2.13. The van der Waals surface area contributed by atoms with Crippen LogP contribution in [-0.2, 0) is 0 Å². The Morgan fingerprint density at radius 1 is 1.24 bits per heavy atom. The summed E-state index contributed by atoms with van der Waals surface area (Å²) < 4.78 is 5.96. The van der Waals surface area contributed by atoms with Gasteiger partial charge in [-0.2, -0.15) is 0 Å². The van der Waals surface area contributed by atoms with E-state index in [0.29, 0.717) is 0 Å². The summed E-state index contributed by atoms with van der Waals surface area (Å²) in [6, 6.07) is 10.1. The van der Waals surface area contributed by atoms with E-state index in [-0.39, 0.29) is 18.5 Å². The van der Waals surface area contributed by atoms with Crippen molar-refractivity contribution in [3.63, 3.8) is 0 Å². The van der Waals surface area contributed by atoms with Gasteiger partial charge < -0.3 is 10.1 Å². The minimum atomic E-state index is 0. The number of nitrogens with one attached hydrogen (secondary N) is 1. The first-order valence-electron chi connectivity index (χ1n) is 5.64. The largest absolute Gasteiger partial charge is 0.487 e. The molecule has 0 spiro atoms. The summed E-state index contributed by atoms with van der Waals surface area (Å²) in [5.74, 6) is 0.895. The van der Waals surface area contributed by atoms with Gasteiger partial charge in [0, 0.05) is 18.1 Å². The molecule has 1 aliphatic heterocycles. The van der Waals surface area contributed by atoms with Crippen molar-refractivity contribution in [3.05, 3.63) is 36.5 Å². The highest BCUT2D eigenvalue weighted by Gasteiger charge is 2.16. The van der Waals surface area contributed by atoms with Gasteiger partial charge in [0.05, 0.1) is 0 Å². The van der Waals surface area contributed by atoms with E-state index < -0.39 is 0 Å². The SMILES string of the molecule is Cl.c1cnc2c(OC3CCNC3)cccc2c1. The average Bonchev–Trinajstić information content (AvgIpc) is 2.82. The summed E-state index contributed by atoms with van der Waals surface area (Å²) in [4.78, 5) is 4.38. The van der Waals surface area contributed by atoms with Gasteiger partial charge in [0.2, 0.25) is 0 Å². The Balaban J connectivity index is 0.00000108. The quantitative estimate of drug-likeness (QED) is 0.889. The molecule has 90 valence electrons. The molecule has 3 nitrogen and oxygen atoms in total. The molecular formula is C13H15ClN2O. The molecule has 4 heteroatoms. The Labute approximate surface area is 107 Å². The first kappa shape index (κ1) is 12.1. The summed E-state index contributed by atoms with van der Waals surface area (Å²) in [5.41, 5.74) is 0.955. The molecule has 1 unspecified atom stereocenters. The van der Waals surface area contributed by atoms with E-state index >= 15 is 0 Å². The minimum absolute atomic E-state index is 0. The van der Waals surface area contributed by atoms with Crippen LogP contribution < -0.4 is 10.1 Å². The molecule has 3 rings (SSSR count). The van der Waals surface area contributed by atoms with Crippen molar-refractivity contribution in [3.8, 4) is 5.75 Å². The molecule has 1 aromatic carbocycles. The zero-order valence-electron chi connectivity index (χ0n) is 9.43. The molecule has 17 heavy (non-hydrogen) atoms. The summed E-state index contributed by atoms with van der Waals surface area (Å²) in [5, 5.41) is 4.43. The maximum Gasteiger partial charge on any atom is 0.146 e. The predicted octanol–water partition coefficient (Wildman–Crippen LogP) is 2.40. The monoisotopic (exact) mass is 250 g/mol. The van der Waals surface area contributed by atoms with Gasteiger partial charge in [-0.25, -0.2) is 0 Å². The summed E-state index contributed by atoms with van der Waals surface area (Å²) in [7, 11) is 0. The zero-order chi connectivity index (χ0) is 10.8. The Bertz CT molecular complexity index is 492. The number of ether oxygens (including phenoxy) is 1. The number of nitrogens with zero attached hydrogens (tertiary/aromatic N) is 1. The Hall–Kier alpha value is -1.32. The van der Waals surface area contributed by atoms with E-state index in [9.17, 15) is 0 Å². The Kier molecular flexibility index (Phi) is 3.82. The first-order valence-corrected chi connectivity index (χ1v) is 5.64. The van der Waals surface area contributed by atoms with Gasteiger partial charge in [0.1, 0.15) is 17.4 Å². The van der Waals surface area contributed by atoms with Crippen LogP contribution in [0.1, 0.15) is 6.42 Å². The third-order valence-corrected chi connectivity index (χ3v) is 2.90. The van der Waals surface area contributed by atoms with Gasteiger partial charge >= 0.3 is 0 Å². The topological polar surface area (TPSA) is 34.1 Å². The van der Waals surface area contributed by atoms with Crippen LogP contribution >= 0.6 is 12.4 Å².